The van der Waals surface area contributed by atoms with E-state index >= 15 is 0 Å². The van der Waals surface area contributed by atoms with Crippen LogP contribution < -0.4 is 5.84 Å². The van der Waals surface area contributed by atoms with Gasteiger partial charge in [0.1, 0.15) is 0 Å². The number of carbonyl (C=O) groups is 1. The van der Waals surface area contributed by atoms with Crippen molar-refractivity contribution in [2.75, 3.05) is 13.6 Å². The van der Waals surface area contributed by atoms with Crippen LogP contribution in [-0.2, 0) is 4.79 Å². The lowest BCUT2D eigenvalue weighted by atomic mass is 9.73. The first-order valence-corrected chi connectivity index (χ1v) is 8.43. The van der Waals surface area contributed by atoms with Gasteiger partial charge in [-0.05, 0) is 32.1 Å². The zero-order chi connectivity index (χ0) is 15.8. The summed E-state index contributed by atoms with van der Waals surface area (Å²) in [5.74, 6) is 3.77. The standard InChI is InChI=1S/C13H21F3IN3O/c1-19(18)7-10-3-2-4-11(17)20(10)12(21)8-5-9(6-8)13(14,15)16/h8-11H,2-7,18H2,1H3/t8-,9-,10?,11?. The molecule has 0 bridgehead atoms. The monoisotopic (exact) mass is 419 g/mol. The van der Waals surface area contributed by atoms with Crippen molar-refractivity contribution in [1.29, 1.82) is 0 Å². The van der Waals surface area contributed by atoms with Crippen LogP contribution in [0, 0.1) is 11.8 Å². The molecule has 122 valence electrons. The maximum absolute atomic E-state index is 12.6. The summed E-state index contributed by atoms with van der Waals surface area (Å²) in [4.78, 5) is 14.3. The lowest BCUT2D eigenvalue weighted by Crippen LogP contribution is -2.56. The Morgan fingerprint density at radius 1 is 1.38 bits per heavy atom. The Labute approximate surface area is 136 Å². The highest BCUT2D eigenvalue weighted by molar-refractivity contribution is 14.1. The van der Waals surface area contributed by atoms with Crippen LogP contribution in [0.15, 0.2) is 0 Å². The minimum Gasteiger partial charge on any atom is -0.326 e. The van der Waals surface area contributed by atoms with Crippen molar-refractivity contribution < 1.29 is 18.0 Å². The van der Waals surface area contributed by atoms with Crippen LogP contribution in [0.3, 0.4) is 0 Å². The average molecular weight is 419 g/mol. The van der Waals surface area contributed by atoms with Gasteiger partial charge in [0.15, 0.2) is 0 Å². The highest BCUT2D eigenvalue weighted by atomic mass is 127. The SMILES string of the molecule is CN(N)CC1CCCC(I)N1C(=O)[C@H]1C[C@H](C(F)(F)F)C1. The third-order valence-corrected chi connectivity index (χ3v) is 5.60. The van der Waals surface area contributed by atoms with Crippen molar-refractivity contribution >= 4 is 28.5 Å². The lowest BCUT2D eigenvalue weighted by molar-refractivity contribution is -0.207. The molecule has 0 aromatic heterocycles. The van der Waals surface area contributed by atoms with E-state index in [1.807, 2.05) is 0 Å². The van der Waals surface area contributed by atoms with Crippen LogP contribution in [-0.4, -0.2) is 45.7 Å². The Hall–Kier alpha value is -0.0900. The van der Waals surface area contributed by atoms with Crippen molar-refractivity contribution in [3.63, 3.8) is 0 Å². The number of halogens is 4. The van der Waals surface area contributed by atoms with E-state index in [1.165, 1.54) is 0 Å². The molecule has 2 rings (SSSR count). The molecule has 1 amide bonds. The third-order valence-electron chi connectivity index (χ3n) is 4.38. The van der Waals surface area contributed by atoms with Crippen molar-refractivity contribution in [2.24, 2.45) is 17.7 Å². The number of alkyl halides is 4. The van der Waals surface area contributed by atoms with Crippen LogP contribution in [0.4, 0.5) is 13.2 Å². The molecular weight excluding hydrogens is 398 g/mol. The second-order valence-corrected chi connectivity index (χ2v) is 7.55. The van der Waals surface area contributed by atoms with Crippen molar-refractivity contribution in [2.45, 2.75) is 48.4 Å². The number of hydrazine groups is 1. The summed E-state index contributed by atoms with van der Waals surface area (Å²) in [5.41, 5.74) is 0. The average Bonchev–Trinajstić information content (AvgIpc) is 2.23. The van der Waals surface area contributed by atoms with Gasteiger partial charge in [0.25, 0.3) is 0 Å². The van der Waals surface area contributed by atoms with Crippen LogP contribution in [0.2, 0.25) is 0 Å². The van der Waals surface area contributed by atoms with E-state index in [1.54, 1.807) is 17.0 Å². The summed E-state index contributed by atoms with van der Waals surface area (Å²) in [6, 6.07) is 0.00749. The minimum atomic E-state index is -4.17. The highest BCUT2D eigenvalue weighted by Gasteiger charge is 2.51. The number of piperidine rings is 1. The van der Waals surface area contributed by atoms with E-state index < -0.39 is 18.0 Å². The van der Waals surface area contributed by atoms with Gasteiger partial charge in [-0.15, -0.1) is 0 Å². The molecule has 0 aromatic carbocycles. The van der Waals surface area contributed by atoms with Gasteiger partial charge in [-0.1, -0.05) is 22.6 Å². The number of hydrogen-bond donors (Lipinski definition) is 1. The normalized spacial score (nSPS) is 34.0. The zero-order valence-electron chi connectivity index (χ0n) is 11.9. The number of nitrogens with two attached hydrogens (primary N) is 1. The molecule has 4 nitrogen and oxygen atoms in total. The fourth-order valence-electron chi connectivity index (χ4n) is 3.16. The predicted molar refractivity (Wildman–Crippen MR) is 81.4 cm³/mol. The fraction of sp³-hybridized carbons (Fsp3) is 0.923. The molecule has 1 saturated carbocycles. The van der Waals surface area contributed by atoms with E-state index in [-0.39, 0.29) is 28.8 Å². The Kier molecular flexibility index (Phi) is 5.40. The predicted octanol–water partition coefficient (Wildman–Crippen LogP) is 2.52. The van der Waals surface area contributed by atoms with E-state index in [2.05, 4.69) is 22.6 Å². The number of carbonyl (C=O) groups excluding carboxylic acids is 1. The number of hydrogen-bond acceptors (Lipinski definition) is 3. The third kappa shape index (κ3) is 4.01. The number of amides is 1. The van der Waals surface area contributed by atoms with E-state index in [9.17, 15) is 18.0 Å². The number of likely N-dealkylation sites (N-methyl/N-ethyl adjacent to an activating group) is 1. The van der Waals surface area contributed by atoms with Gasteiger partial charge in [0.2, 0.25) is 5.91 Å². The van der Waals surface area contributed by atoms with Crippen LogP contribution in [0.5, 0.6) is 0 Å². The smallest absolute Gasteiger partial charge is 0.326 e. The molecule has 1 heterocycles. The van der Waals surface area contributed by atoms with Gasteiger partial charge in [0.05, 0.1) is 9.97 Å². The summed E-state index contributed by atoms with van der Waals surface area (Å²) >= 11 is 2.21. The van der Waals surface area contributed by atoms with Gasteiger partial charge in [0, 0.05) is 25.6 Å². The van der Waals surface area contributed by atoms with E-state index in [0.29, 0.717) is 6.54 Å². The zero-order valence-corrected chi connectivity index (χ0v) is 14.1. The molecule has 0 aromatic rings. The molecule has 0 radical (unpaired) electrons. The molecule has 8 heteroatoms. The van der Waals surface area contributed by atoms with Gasteiger partial charge in [-0.3, -0.25) is 10.6 Å². The van der Waals surface area contributed by atoms with Crippen molar-refractivity contribution in [3.05, 3.63) is 0 Å². The first kappa shape index (κ1) is 17.3. The second kappa shape index (κ2) is 6.57. The number of rotatable bonds is 3. The van der Waals surface area contributed by atoms with E-state index in [0.717, 1.165) is 19.3 Å². The largest absolute Gasteiger partial charge is 0.391 e. The second-order valence-electron chi connectivity index (χ2n) is 6.11. The minimum absolute atomic E-state index is 0.00749. The Morgan fingerprint density at radius 2 is 2.00 bits per heavy atom. The number of likely N-dealkylation sites (tertiary alicyclic amines) is 1. The van der Waals surface area contributed by atoms with Gasteiger partial charge >= 0.3 is 6.18 Å². The maximum Gasteiger partial charge on any atom is 0.391 e. The first-order valence-electron chi connectivity index (χ1n) is 7.19. The summed E-state index contributed by atoms with van der Waals surface area (Å²) < 4.78 is 37.7. The molecule has 2 N–H and O–H groups in total. The molecule has 1 aliphatic carbocycles. The number of nitrogens with zero attached hydrogens (tertiary/aromatic N) is 2. The Morgan fingerprint density at radius 3 is 2.52 bits per heavy atom. The highest BCUT2D eigenvalue weighted by Crippen LogP contribution is 2.46. The van der Waals surface area contributed by atoms with Crippen LogP contribution >= 0.6 is 22.6 Å². The summed E-state index contributed by atoms with van der Waals surface area (Å²) in [6.45, 7) is 0.556. The molecule has 0 spiro atoms. The summed E-state index contributed by atoms with van der Waals surface area (Å²) in [6.07, 6.45) is -1.51. The molecular formula is C13H21F3IN3O. The molecule has 21 heavy (non-hydrogen) atoms. The van der Waals surface area contributed by atoms with E-state index in [4.69, 9.17) is 5.84 Å². The molecule has 2 aliphatic rings. The quantitative estimate of drug-likeness (QED) is 0.252. The van der Waals surface area contributed by atoms with Crippen LogP contribution in [0.25, 0.3) is 0 Å². The van der Waals surface area contributed by atoms with Crippen molar-refractivity contribution in [1.82, 2.24) is 9.91 Å². The molecule has 1 aliphatic heterocycles. The lowest BCUT2D eigenvalue weighted by Gasteiger charge is -2.45. The molecule has 1 saturated heterocycles. The molecule has 2 atom stereocenters. The molecule has 2 fully saturated rings. The Bertz CT molecular complexity index is 385. The Balaban J connectivity index is 1.99. The summed E-state index contributed by atoms with van der Waals surface area (Å²) in [7, 11) is 1.74. The fourth-order valence-corrected chi connectivity index (χ4v) is 4.33. The topological polar surface area (TPSA) is 49.6 Å². The molecule has 2 unspecified atom stereocenters. The van der Waals surface area contributed by atoms with Gasteiger partial charge < -0.3 is 4.90 Å². The summed E-state index contributed by atoms with van der Waals surface area (Å²) in [5, 5.41) is 1.54. The van der Waals surface area contributed by atoms with Gasteiger partial charge in [-0.2, -0.15) is 13.2 Å². The maximum atomic E-state index is 12.6. The van der Waals surface area contributed by atoms with Crippen molar-refractivity contribution in [3.8, 4) is 0 Å². The van der Waals surface area contributed by atoms with Gasteiger partial charge in [-0.25, -0.2) is 5.01 Å². The first-order chi connectivity index (χ1) is 9.70. The van der Waals surface area contributed by atoms with Crippen LogP contribution in [0.1, 0.15) is 32.1 Å².